The number of rotatable bonds is 8. The first-order valence-corrected chi connectivity index (χ1v) is 12.4. The second-order valence-corrected chi connectivity index (χ2v) is 9.89. The van der Waals surface area contributed by atoms with Gasteiger partial charge in [0, 0.05) is 0 Å². The molecule has 0 atom stereocenters. The van der Waals surface area contributed by atoms with Crippen molar-refractivity contribution in [3.05, 3.63) is 88.4 Å². The predicted molar refractivity (Wildman–Crippen MR) is 133 cm³/mol. The molecule has 0 aliphatic carbocycles. The molecule has 1 N–H and O–H groups in total. The molecule has 0 spiro atoms. The van der Waals surface area contributed by atoms with Crippen molar-refractivity contribution in [1.29, 1.82) is 0 Å². The molecule has 0 unspecified atom stereocenters. The van der Waals surface area contributed by atoms with Gasteiger partial charge in [-0.3, -0.25) is 9.10 Å². The summed E-state index contributed by atoms with van der Waals surface area (Å²) in [4.78, 5) is 24.9. The summed E-state index contributed by atoms with van der Waals surface area (Å²) < 4.78 is 32.9. The van der Waals surface area contributed by atoms with Crippen LogP contribution in [0.15, 0.2) is 71.6 Å². The van der Waals surface area contributed by atoms with Crippen molar-refractivity contribution >= 4 is 44.9 Å². The lowest BCUT2D eigenvalue weighted by molar-refractivity contribution is -0.114. The maximum Gasteiger partial charge on any atom is 0.338 e. The summed E-state index contributed by atoms with van der Waals surface area (Å²) in [5.41, 5.74) is 2.71. The summed E-state index contributed by atoms with van der Waals surface area (Å²) in [6.07, 6.45) is 0. The highest BCUT2D eigenvalue weighted by Gasteiger charge is 2.27. The standard InChI is InChI=1S/C25H25ClN2O5S/c1-4-33-25(30)19-9-14-23(22(26)15-19)27-24(29)16-28(20-10-5-17(2)6-11-20)34(31,32)21-12-7-18(3)8-13-21/h5-15H,4,16H2,1-3H3,(H,27,29). The van der Waals surface area contributed by atoms with Gasteiger partial charge < -0.3 is 10.1 Å². The van der Waals surface area contributed by atoms with Crippen molar-refractivity contribution in [3.63, 3.8) is 0 Å². The summed E-state index contributed by atoms with van der Waals surface area (Å²) in [7, 11) is -4.03. The molecule has 34 heavy (non-hydrogen) atoms. The Balaban J connectivity index is 1.88. The van der Waals surface area contributed by atoms with Crippen LogP contribution in [0.25, 0.3) is 0 Å². The Hall–Kier alpha value is -3.36. The molecule has 0 saturated heterocycles. The van der Waals surface area contributed by atoms with Crippen LogP contribution in [0.1, 0.15) is 28.4 Å². The van der Waals surface area contributed by atoms with Gasteiger partial charge in [0.05, 0.1) is 33.5 Å². The number of carbonyl (C=O) groups excluding carboxylic acids is 2. The third-order valence-corrected chi connectivity index (χ3v) is 7.07. The molecule has 178 valence electrons. The zero-order valence-corrected chi connectivity index (χ0v) is 20.6. The van der Waals surface area contributed by atoms with Crippen molar-refractivity contribution in [3.8, 4) is 0 Å². The minimum atomic E-state index is -4.03. The molecule has 0 fully saturated rings. The largest absolute Gasteiger partial charge is 0.462 e. The Morgan fingerprint density at radius 3 is 2.09 bits per heavy atom. The van der Waals surface area contributed by atoms with Gasteiger partial charge >= 0.3 is 5.97 Å². The van der Waals surface area contributed by atoms with Gasteiger partial charge in [0.1, 0.15) is 6.54 Å². The maximum absolute atomic E-state index is 13.4. The number of carbonyl (C=O) groups is 2. The lowest BCUT2D eigenvalue weighted by Gasteiger charge is -2.24. The Bertz CT molecular complexity index is 1290. The normalized spacial score (nSPS) is 11.1. The molecule has 0 bridgehead atoms. The molecule has 1 amide bonds. The van der Waals surface area contributed by atoms with Crippen LogP contribution in [0.4, 0.5) is 11.4 Å². The van der Waals surface area contributed by atoms with Gasteiger partial charge in [-0.05, 0) is 63.2 Å². The van der Waals surface area contributed by atoms with Crippen molar-refractivity contribution in [2.45, 2.75) is 25.7 Å². The lowest BCUT2D eigenvalue weighted by Crippen LogP contribution is -2.38. The number of hydrogen-bond donors (Lipinski definition) is 1. The minimum Gasteiger partial charge on any atom is -0.462 e. The van der Waals surface area contributed by atoms with Crippen molar-refractivity contribution in [1.82, 2.24) is 0 Å². The van der Waals surface area contributed by atoms with E-state index in [0.717, 1.165) is 15.4 Å². The van der Waals surface area contributed by atoms with E-state index >= 15 is 0 Å². The fourth-order valence-corrected chi connectivity index (χ4v) is 4.79. The fourth-order valence-electron chi connectivity index (χ4n) is 3.14. The van der Waals surface area contributed by atoms with Crippen LogP contribution in [0.5, 0.6) is 0 Å². The van der Waals surface area contributed by atoms with Gasteiger partial charge in [-0.25, -0.2) is 13.2 Å². The monoisotopic (exact) mass is 500 g/mol. The predicted octanol–water partition coefficient (Wildman–Crippen LogP) is 4.97. The summed E-state index contributed by atoms with van der Waals surface area (Å²) in [5.74, 6) is -1.13. The molecule has 3 aromatic carbocycles. The number of ether oxygens (including phenoxy) is 1. The third kappa shape index (κ3) is 5.95. The fraction of sp³-hybridized carbons (Fsp3) is 0.200. The van der Waals surface area contributed by atoms with Crippen LogP contribution in [0, 0.1) is 13.8 Å². The molecule has 0 heterocycles. The number of benzene rings is 3. The van der Waals surface area contributed by atoms with Gasteiger partial charge in [0.2, 0.25) is 5.91 Å². The summed E-state index contributed by atoms with van der Waals surface area (Å²) in [5, 5.41) is 2.75. The number of anilines is 2. The Kier molecular flexibility index (Phi) is 7.96. The summed E-state index contributed by atoms with van der Waals surface area (Å²) in [6.45, 7) is 5.18. The topological polar surface area (TPSA) is 92.8 Å². The van der Waals surface area contributed by atoms with E-state index in [4.69, 9.17) is 16.3 Å². The van der Waals surface area contributed by atoms with Gasteiger partial charge in [0.15, 0.2) is 0 Å². The number of nitrogens with zero attached hydrogens (tertiary/aromatic N) is 1. The average molecular weight is 501 g/mol. The van der Waals surface area contributed by atoms with Crippen LogP contribution in [0.3, 0.4) is 0 Å². The number of halogens is 1. The number of hydrogen-bond acceptors (Lipinski definition) is 5. The third-order valence-electron chi connectivity index (χ3n) is 4.97. The van der Waals surface area contributed by atoms with E-state index in [9.17, 15) is 18.0 Å². The highest BCUT2D eigenvalue weighted by Crippen LogP contribution is 2.26. The first kappa shape index (κ1) is 25.3. The molecule has 3 aromatic rings. The Morgan fingerprint density at radius 1 is 0.941 bits per heavy atom. The number of esters is 1. The van der Waals surface area contributed by atoms with E-state index in [1.807, 2.05) is 13.8 Å². The molecule has 0 aromatic heterocycles. The summed E-state index contributed by atoms with van der Waals surface area (Å²) in [6, 6.07) is 17.6. The van der Waals surface area contributed by atoms with Gasteiger partial charge in [0.25, 0.3) is 10.0 Å². The number of amides is 1. The SMILES string of the molecule is CCOC(=O)c1ccc(NC(=O)CN(c2ccc(C)cc2)S(=O)(=O)c2ccc(C)cc2)c(Cl)c1. The molecule has 0 aliphatic heterocycles. The van der Waals surface area contributed by atoms with Crippen molar-refractivity contribution in [2.75, 3.05) is 22.8 Å². The second kappa shape index (κ2) is 10.7. The zero-order valence-electron chi connectivity index (χ0n) is 19.0. The second-order valence-electron chi connectivity index (χ2n) is 7.62. The summed E-state index contributed by atoms with van der Waals surface area (Å²) >= 11 is 6.23. The van der Waals surface area contributed by atoms with Crippen molar-refractivity contribution < 1.29 is 22.7 Å². The van der Waals surface area contributed by atoms with E-state index < -0.39 is 28.4 Å². The molecule has 3 rings (SSSR count). The highest BCUT2D eigenvalue weighted by atomic mass is 35.5. The van der Waals surface area contributed by atoms with Gasteiger partial charge in [-0.15, -0.1) is 0 Å². The first-order chi connectivity index (χ1) is 16.1. The quantitative estimate of drug-likeness (QED) is 0.441. The number of sulfonamides is 1. The molecule has 7 nitrogen and oxygen atoms in total. The zero-order chi connectivity index (χ0) is 24.9. The molecule has 0 radical (unpaired) electrons. The smallest absolute Gasteiger partial charge is 0.338 e. The molecular formula is C25H25ClN2O5S. The highest BCUT2D eigenvalue weighted by molar-refractivity contribution is 7.92. The van der Waals surface area contributed by atoms with Gasteiger partial charge in [-0.2, -0.15) is 0 Å². The number of aryl methyl sites for hydroxylation is 2. The average Bonchev–Trinajstić information content (AvgIpc) is 2.80. The van der Waals surface area contributed by atoms with Crippen LogP contribution in [-0.4, -0.2) is 33.4 Å². The number of nitrogens with one attached hydrogen (secondary N) is 1. The molecular weight excluding hydrogens is 476 g/mol. The van der Waals surface area contributed by atoms with Crippen LogP contribution in [0.2, 0.25) is 5.02 Å². The lowest BCUT2D eigenvalue weighted by atomic mass is 10.2. The maximum atomic E-state index is 13.4. The van der Waals surface area contributed by atoms with E-state index in [1.54, 1.807) is 43.3 Å². The van der Waals surface area contributed by atoms with E-state index in [0.29, 0.717) is 5.69 Å². The first-order valence-electron chi connectivity index (χ1n) is 10.5. The van der Waals surface area contributed by atoms with E-state index in [1.165, 1.54) is 30.3 Å². The van der Waals surface area contributed by atoms with Gasteiger partial charge in [-0.1, -0.05) is 47.0 Å². The van der Waals surface area contributed by atoms with E-state index in [-0.39, 0.29) is 27.8 Å². The minimum absolute atomic E-state index is 0.0725. The Morgan fingerprint density at radius 2 is 1.53 bits per heavy atom. The van der Waals surface area contributed by atoms with E-state index in [2.05, 4.69) is 5.32 Å². The van der Waals surface area contributed by atoms with Crippen LogP contribution < -0.4 is 9.62 Å². The Labute approximate surface area is 204 Å². The molecule has 9 heteroatoms. The molecule has 0 aliphatic rings. The van der Waals surface area contributed by atoms with Crippen molar-refractivity contribution in [2.24, 2.45) is 0 Å². The van der Waals surface area contributed by atoms with Crippen LogP contribution in [-0.2, 0) is 19.6 Å². The molecule has 0 saturated carbocycles. The van der Waals surface area contributed by atoms with Crippen LogP contribution >= 0.6 is 11.6 Å².